The van der Waals surface area contributed by atoms with Crippen molar-refractivity contribution in [1.82, 2.24) is 0 Å². The quantitative estimate of drug-likeness (QED) is 0.470. The van der Waals surface area contributed by atoms with Crippen LogP contribution < -0.4 is 0 Å². The van der Waals surface area contributed by atoms with E-state index in [0.717, 1.165) is 0 Å². The molecule has 1 aliphatic heterocycles. The van der Waals surface area contributed by atoms with Crippen molar-refractivity contribution in [2.75, 3.05) is 0 Å². The minimum absolute atomic E-state index is 0.250. The van der Waals surface area contributed by atoms with Gasteiger partial charge in [-0.05, 0) is 12.8 Å². The van der Waals surface area contributed by atoms with E-state index in [2.05, 4.69) is 25.8 Å². The van der Waals surface area contributed by atoms with Crippen LogP contribution in [0.3, 0.4) is 0 Å². The van der Waals surface area contributed by atoms with Crippen molar-refractivity contribution in [1.29, 1.82) is 0 Å². The third-order valence-corrected chi connectivity index (χ3v) is 1.71. The minimum Gasteiger partial charge on any atom is -0.283 e. The highest BCUT2D eigenvalue weighted by molar-refractivity contribution is 5.83. The van der Waals surface area contributed by atoms with Crippen molar-refractivity contribution >= 4 is 6.21 Å². The maximum absolute atomic E-state index is 4.11. The molecule has 0 aromatic rings. The molecule has 1 atom stereocenters. The van der Waals surface area contributed by atoms with E-state index in [0.29, 0.717) is 5.92 Å². The summed E-state index contributed by atoms with van der Waals surface area (Å²) >= 11 is 0. The van der Waals surface area contributed by atoms with E-state index in [4.69, 9.17) is 0 Å². The normalized spacial score (nSPS) is 37.1. The summed E-state index contributed by atoms with van der Waals surface area (Å²) in [5.74, 6) is 0.687. The Bertz CT molecular complexity index is 96.7. The first-order chi connectivity index (χ1) is 3.15. The van der Waals surface area contributed by atoms with Gasteiger partial charge in [0.05, 0.1) is 5.54 Å². The van der Waals surface area contributed by atoms with Crippen molar-refractivity contribution in [3.8, 4) is 0 Å². The van der Waals surface area contributed by atoms with Gasteiger partial charge in [-0.3, -0.25) is 4.99 Å². The summed E-state index contributed by atoms with van der Waals surface area (Å²) in [6.45, 7) is 6.53. The molecule has 1 nitrogen and oxygen atoms in total. The van der Waals surface area contributed by atoms with Gasteiger partial charge < -0.3 is 0 Å². The minimum atomic E-state index is 0.250. The predicted molar refractivity (Wildman–Crippen MR) is 31.7 cm³/mol. The van der Waals surface area contributed by atoms with Gasteiger partial charge in [-0.25, -0.2) is 0 Å². The SMILES string of the molecule is CC(C)C1(C)C=N1. The molecular formula is C6H11N. The molecule has 0 amide bonds. The van der Waals surface area contributed by atoms with Crippen LogP contribution in [-0.2, 0) is 0 Å². The van der Waals surface area contributed by atoms with Gasteiger partial charge in [0.25, 0.3) is 0 Å². The zero-order chi connectivity index (χ0) is 5.49. The van der Waals surface area contributed by atoms with Crippen LogP contribution >= 0.6 is 0 Å². The molecule has 1 unspecified atom stereocenters. The summed E-state index contributed by atoms with van der Waals surface area (Å²) in [7, 11) is 0. The lowest BCUT2D eigenvalue weighted by Gasteiger charge is -2.08. The molecule has 0 saturated heterocycles. The highest BCUT2D eigenvalue weighted by Gasteiger charge is 2.33. The molecule has 7 heavy (non-hydrogen) atoms. The maximum atomic E-state index is 4.11. The van der Waals surface area contributed by atoms with Crippen molar-refractivity contribution < 1.29 is 0 Å². The zero-order valence-electron chi connectivity index (χ0n) is 5.10. The molecule has 0 fully saturated rings. The van der Waals surface area contributed by atoms with E-state index in [1.165, 1.54) is 0 Å². The number of hydrogen-bond acceptors (Lipinski definition) is 1. The van der Waals surface area contributed by atoms with Crippen LogP contribution in [0.1, 0.15) is 20.8 Å². The Hall–Kier alpha value is -0.330. The van der Waals surface area contributed by atoms with E-state index >= 15 is 0 Å². The first-order valence-corrected chi connectivity index (χ1v) is 2.71. The number of nitrogens with zero attached hydrogens (tertiary/aromatic N) is 1. The topological polar surface area (TPSA) is 12.4 Å². The molecule has 40 valence electrons. The van der Waals surface area contributed by atoms with E-state index in [-0.39, 0.29) is 5.54 Å². The molecule has 1 rings (SSSR count). The average molecular weight is 97.2 g/mol. The number of rotatable bonds is 1. The summed E-state index contributed by atoms with van der Waals surface area (Å²) in [6, 6.07) is 0. The van der Waals surface area contributed by atoms with Crippen LogP contribution in [-0.4, -0.2) is 11.8 Å². The Morgan fingerprint density at radius 1 is 1.57 bits per heavy atom. The maximum Gasteiger partial charge on any atom is 0.0945 e. The molecule has 0 radical (unpaired) electrons. The predicted octanol–water partition coefficient (Wildman–Crippen LogP) is 1.49. The van der Waals surface area contributed by atoms with Gasteiger partial charge in [-0.2, -0.15) is 0 Å². The van der Waals surface area contributed by atoms with E-state index in [9.17, 15) is 0 Å². The summed E-state index contributed by atoms with van der Waals surface area (Å²) in [5, 5.41) is 0. The standard InChI is InChI=1S/C6H11N/c1-5(2)6(3)4-7-6/h4-5H,1-3H3. The molecular weight excluding hydrogens is 86.1 g/mol. The van der Waals surface area contributed by atoms with E-state index < -0.39 is 0 Å². The Morgan fingerprint density at radius 2 is 2.00 bits per heavy atom. The largest absolute Gasteiger partial charge is 0.283 e. The Balaban J connectivity index is 2.41. The first kappa shape index (κ1) is 4.82. The summed E-state index contributed by atoms with van der Waals surface area (Å²) in [4.78, 5) is 4.11. The molecule has 1 aliphatic rings. The fourth-order valence-corrected chi connectivity index (χ4v) is 0.400. The Morgan fingerprint density at radius 3 is 2.00 bits per heavy atom. The van der Waals surface area contributed by atoms with Crippen LogP contribution in [0.25, 0.3) is 0 Å². The van der Waals surface area contributed by atoms with Crippen molar-refractivity contribution in [2.24, 2.45) is 10.9 Å². The molecule has 0 N–H and O–H groups in total. The molecule has 0 aromatic carbocycles. The molecule has 0 bridgehead atoms. The smallest absolute Gasteiger partial charge is 0.0945 e. The van der Waals surface area contributed by atoms with Gasteiger partial charge in [-0.15, -0.1) is 0 Å². The van der Waals surface area contributed by atoms with Crippen molar-refractivity contribution in [2.45, 2.75) is 26.3 Å². The molecule has 1 heteroatoms. The highest BCUT2D eigenvalue weighted by Crippen LogP contribution is 2.27. The molecule has 0 aliphatic carbocycles. The van der Waals surface area contributed by atoms with Crippen LogP contribution in [0, 0.1) is 5.92 Å². The van der Waals surface area contributed by atoms with Crippen LogP contribution in [0.2, 0.25) is 0 Å². The lowest BCUT2D eigenvalue weighted by atomic mass is 9.97. The molecule has 0 spiro atoms. The fourth-order valence-electron chi connectivity index (χ4n) is 0.400. The monoisotopic (exact) mass is 97.1 g/mol. The first-order valence-electron chi connectivity index (χ1n) is 2.71. The zero-order valence-corrected chi connectivity index (χ0v) is 5.10. The second-order valence-electron chi connectivity index (χ2n) is 2.64. The van der Waals surface area contributed by atoms with Gasteiger partial charge in [-0.1, -0.05) is 13.8 Å². The number of hydrogen-bond donors (Lipinski definition) is 0. The Kier molecular flexibility index (Phi) is 0.748. The van der Waals surface area contributed by atoms with Gasteiger partial charge in [0.2, 0.25) is 0 Å². The lowest BCUT2D eigenvalue weighted by molar-refractivity contribution is 0.516. The Labute approximate surface area is 44.5 Å². The van der Waals surface area contributed by atoms with E-state index in [1.54, 1.807) is 0 Å². The molecule has 0 saturated carbocycles. The second kappa shape index (κ2) is 1.09. The lowest BCUT2D eigenvalue weighted by Crippen LogP contribution is -2.15. The molecule has 0 aromatic heterocycles. The summed E-state index contributed by atoms with van der Waals surface area (Å²) < 4.78 is 0. The van der Waals surface area contributed by atoms with Crippen LogP contribution in [0.4, 0.5) is 0 Å². The summed E-state index contributed by atoms with van der Waals surface area (Å²) in [6.07, 6.45) is 2.01. The van der Waals surface area contributed by atoms with Gasteiger partial charge in [0.1, 0.15) is 0 Å². The highest BCUT2D eigenvalue weighted by atomic mass is 15.0. The van der Waals surface area contributed by atoms with Crippen molar-refractivity contribution in [3.63, 3.8) is 0 Å². The second-order valence-corrected chi connectivity index (χ2v) is 2.64. The van der Waals surface area contributed by atoms with Gasteiger partial charge in [0, 0.05) is 6.21 Å². The van der Waals surface area contributed by atoms with Crippen LogP contribution in [0.5, 0.6) is 0 Å². The fraction of sp³-hybridized carbons (Fsp3) is 0.833. The third-order valence-electron chi connectivity index (χ3n) is 1.71. The van der Waals surface area contributed by atoms with E-state index in [1.807, 2.05) is 6.21 Å². The average Bonchev–Trinajstić information content (AvgIpc) is 2.21. The van der Waals surface area contributed by atoms with Gasteiger partial charge in [0.15, 0.2) is 0 Å². The number of aliphatic imine (C=N–C) groups is 1. The summed E-state index contributed by atoms with van der Waals surface area (Å²) in [5.41, 5.74) is 0.250. The van der Waals surface area contributed by atoms with Gasteiger partial charge >= 0.3 is 0 Å². The molecule has 1 heterocycles. The van der Waals surface area contributed by atoms with Crippen molar-refractivity contribution in [3.05, 3.63) is 0 Å². The third kappa shape index (κ3) is 0.671. The van der Waals surface area contributed by atoms with Crippen LogP contribution in [0.15, 0.2) is 4.99 Å².